The Bertz CT molecular complexity index is 517. The lowest BCUT2D eigenvalue weighted by molar-refractivity contribution is 0.0568. The highest BCUT2D eigenvalue weighted by Gasteiger charge is 2.19. The lowest BCUT2D eigenvalue weighted by atomic mass is 10.0. The van der Waals surface area contributed by atoms with Crippen molar-refractivity contribution in [2.75, 3.05) is 25.5 Å². The van der Waals surface area contributed by atoms with Gasteiger partial charge in [-0.05, 0) is 49.4 Å². The molecule has 0 amide bonds. The van der Waals surface area contributed by atoms with Crippen molar-refractivity contribution >= 4 is 15.7 Å². The van der Waals surface area contributed by atoms with Crippen molar-refractivity contribution in [3.8, 4) is 0 Å². The third-order valence-electron chi connectivity index (χ3n) is 3.20. The summed E-state index contributed by atoms with van der Waals surface area (Å²) >= 11 is 0. The SMILES string of the molecule is Cc1cc(N)cc(S(=O)(=O)NCC2CCCOC2)c1. The van der Waals surface area contributed by atoms with E-state index < -0.39 is 10.0 Å². The lowest BCUT2D eigenvalue weighted by Crippen LogP contribution is -2.33. The van der Waals surface area contributed by atoms with Gasteiger partial charge >= 0.3 is 0 Å². The summed E-state index contributed by atoms with van der Waals surface area (Å²) in [5.41, 5.74) is 6.98. The van der Waals surface area contributed by atoms with Gasteiger partial charge in [0, 0.05) is 18.8 Å². The van der Waals surface area contributed by atoms with Gasteiger partial charge in [0.05, 0.1) is 11.5 Å². The summed E-state index contributed by atoms with van der Waals surface area (Å²) in [5.74, 6) is 0.255. The van der Waals surface area contributed by atoms with Gasteiger partial charge in [-0.2, -0.15) is 0 Å². The Hall–Kier alpha value is -1.11. The van der Waals surface area contributed by atoms with Gasteiger partial charge in [-0.25, -0.2) is 13.1 Å². The first-order valence-corrected chi connectivity index (χ1v) is 7.90. The molecule has 106 valence electrons. The molecular weight excluding hydrogens is 264 g/mol. The Kier molecular flexibility index (Phi) is 4.44. The predicted octanol–water partition coefficient (Wildman–Crippen LogP) is 1.28. The summed E-state index contributed by atoms with van der Waals surface area (Å²) in [6, 6.07) is 4.84. The second kappa shape index (κ2) is 5.90. The monoisotopic (exact) mass is 284 g/mol. The van der Waals surface area contributed by atoms with E-state index in [1.54, 1.807) is 12.1 Å². The van der Waals surface area contributed by atoms with Crippen LogP contribution in [0.4, 0.5) is 5.69 Å². The number of sulfonamides is 1. The summed E-state index contributed by atoms with van der Waals surface area (Å²) in [6.45, 7) is 3.64. The fourth-order valence-electron chi connectivity index (χ4n) is 2.21. The van der Waals surface area contributed by atoms with E-state index in [-0.39, 0.29) is 10.8 Å². The van der Waals surface area contributed by atoms with Gasteiger partial charge in [-0.1, -0.05) is 0 Å². The molecule has 1 heterocycles. The minimum absolute atomic E-state index is 0.224. The summed E-state index contributed by atoms with van der Waals surface area (Å²) < 4.78 is 32.3. The van der Waals surface area contributed by atoms with E-state index in [0.717, 1.165) is 25.0 Å². The molecule has 19 heavy (non-hydrogen) atoms. The van der Waals surface area contributed by atoms with Gasteiger partial charge in [0.25, 0.3) is 0 Å². The van der Waals surface area contributed by atoms with Crippen molar-refractivity contribution in [3.05, 3.63) is 23.8 Å². The molecule has 6 heteroatoms. The van der Waals surface area contributed by atoms with Crippen LogP contribution in [-0.4, -0.2) is 28.2 Å². The van der Waals surface area contributed by atoms with Crippen LogP contribution in [0.15, 0.2) is 23.1 Å². The van der Waals surface area contributed by atoms with E-state index >= 15 is 0 Å². The lowest BCUT2D eigenvalue weighted by Gasteiger charge is -2.22. The van der Waals surface area contributed by atoms with E-state index in [9.17, 15) is 8.42 Å². The van der Waals surface area contributed by atoms with Crippen LogP contribution in [-0.2, 0) is 14.8 Å². The van der Waals surface area contributed by atoms with Gasteiger partial charge in [-0.3, -0.25) is 0 Å². The number of nitrogens with two attached hydrogens (primary N) is 1. The molecule has 5 nitrogen and oxygen atoms in total. The Morgan fingerprint density at radius 3 is 2.84 bits per heavy atom. The van der Waals surface area contributed by atoms with Gasteiger partial charge in [0.15, 0.2) is 0 Å². The van der Waals surface area contributed by atoms with Crippen LogP contribution in [0.1, 0.15) is 18.4 Å². The number of hydrogen-bond donors (Lipinski definition) is 2. The van der Waals surface area contributed by atoms with Crippen molar-refractivity contribution < 1.29 is 13.2 Å². The summed E-state index contributed by atoms with van der Waals surface area (Å²) in [6.07, 6.45) is 1.99. The molecule has 1 fully saturated rings. The molecule has 0 bridgehead atoms. The van der Waals surface area contributed by atoms with Crippen molar-refractivity contribution in [1.29, 1.82) is 0 Å². The molecule has 2 rings (SSSR count). The van der Waals surface area contributed by atoms with E-state index in [4.69, 9.17) is 10.5 Å². The molecule has 1 unspecified atom stereocenters. The Morgan fingerprint density at radius 1 is 1.42 bits per heavy atom. The van der Waals surface area contributed by atoms with Gasteiger partial charge < -0.3 is 10.5 Å². The quantitative estimate of drug-likeness (QED) is 0.816. The van der Waals surface area contributed by atoms with Crippen LogP contribution in [0.5, 0.6) is 0 Å². The average Bonchev–Trinajstić information content (AvgIpc) is 2.37. The Morgan fingerprint density at radius 2 is 2.21 bits per heavy atom. The summed E-state index contributed by atoms with van der Waals surface area (Å²) in [4.78, 5) is 0.224. The zero-order chi connectivity index (χ0) is 13.9. The molecule has 1 aliphatic heterocycles. The smallest absolute Gasteiger partial charge is 0.240 e. The topological polar surface area (TPSA) is 81.4 Å². The minimum Gasteiger partial charge on any atom is -0.399 e. The fourth-order valence-corrected chi connectivity index (χ4v) is 3.47. The zero-order valence-corrected chi connectivity index (χ0v) is 11.9. The maximum absolute atomic E-state index is 12.2. The Labute approximate surface area is 114 Å². The molecule has 0 radical (unpaired) electrons. The fraction of sp³-hybridized carbons (Fsp3) is 0.538. The number of nitrogen functional groups attached to an aromatic ring is 1. The molecule has 0 spiro atoms. The largest absolute Gasteiger partial charge is 0.399 e. The first-order valence-electron chi connectivity index (χ1n) is 6.42. The number of hydrogen-bond acceptors (Lipinski definition) is 4. The molecular formula is C13H20N2O3S. The number of benzene rings is 1. The third kappa shape index (κ3) is 3.92. The van der Waals surface area contributed by atoms with Crippen LogP contribution < -0.4 is 10.5 Å². The van der Waals surface area contributed by atoms with Crippen molar-refractivity contribution in [2.24, 2.45) is 5.92 Å². The van der Waals surface area contributed by atoms with Crippen molar-refractivity contribution in [3.63, 3.8) is 0 Å². The van der Waals surface area contributed by atoms with Gasteiger partial charge in [-0.15, -0.1) is 0 Å². The number of anilines is 1. The second-order valence-electron chi connectivity index (χ2n) is 5.01. The van der Waals surface area contributed by atoms with Gasteiger partial charge in [0.1, 0.15) is 0 Å². The number of rotatable bonds is 4. The molecule has 0 aliphatic carbocycles. The highest BCUT2D eigenvalue weighted by molar-refractivity contribution is 7.89. The first kappa shape index (κ1) is 14.3. The molecule has 1 atom stereocenters. The molecule has 0 aromatic heterocycles. The molecule has 0 saturated carbocycles. The third-order valence-corrected chi connectivity index (χ3v) is 4.60. The average molecular weight is 284 g/mol. The van der Waals surface area contributed by atoms with Gasteiger partial charge in [0.2, 0.25) is 10.0 Å². The number of nitrogens with one attached hydrogen (secondary N) is 1. The normalized spacial score (nSPS) is 20.4. The van der Waals surface area contributed by atoms with E-state index in [0.29, 0.717) is 18.8 Å². The van der Waals surface area contributed by atoms with Crippen molar-refractivity contribution in [2.45, 2.75) is 24.7 Å². The molecule has 1 aliphatic rings. The van der Waals surface area contributed by atoms with E-state index in [1.807, 2.05) is 6.92 Å². The second-order valence-corrected chi connectivity index (χ2v) is 6.78. The standard InChI is InChI=1S/C13H20N2O3S/c1-10-5-12(14)7-13(6-10)19(16,17)15-8-11-3-2-4-18-9-11/h5-7,11,15H,2-4,8-9,14H2,1H3. The maximum Gasteiger partial charge on any atom is 0.240 e. The minimum atomic E-state index is -3.49. The van der Waals surface area contributed by atoms with Crippen LogP contribution in [0.25, 0.3) is 0 Å². The first-order chi connectivity index (χ1) is 8.97. The Balaban J connectivity index is 2.04. The summed E-state index contributed by atoms with van der Waals surface area (Å²) in [7, 11) is -3.49. The molecule has 1 aromatic carbocycles. The predicted molar refractivity (Wildman–Crippen MR) is 74.3 cm³/mol. The maximum atomic E-state index is 12.2. The molecule has 3 N–H and O–H groups in total. The molecule has 1 saturated heterocycles. The van der Waals surface area contributed by atoms with Crippen LogP contribution in [0.2, 0.25) is 0 Å². The highest BCUT2D eigenvalue weighted by Crippen LogP contribution is 2.17. The zero-order valence-electron chi connectivity index (χ0n) is 11.1. The van der Waals surface area contributed by atoms with Crippen LogP contribution in [0.3, 0.4) is 0 Å². The van der Waals surface area contributed by atoms with E-state index in [2.05, 4.69) is 4.72 Å². The highest BCUT2D eigenvalue weighted by atomic mass is 32.2. The number of aryl methyl sites for hydroxylation is 1. The number of ether oxygens (including phenoxy) is 1. The van der Waals surface area contributed by atoms with Crippen LogP contribution >= 0.6 is 0 Å². The van der Waals surface area contributed by atoms with E-state index in [1.165, 1.54) is 6.07 Å². The van der Waals surface area contributed by atoms with Crippen molar-refractivity contribution in [1.82, 2.24) is 4.72 Å². The summed E-state index contributed by atoms with van der Waals surface area (Å²) in [5, 5.41) is 0. The van der Waals surface area contributed by atoms with Crippen LogP contribution in [0, 0.1) is 12.8 Å². The molecule has 1 aromatic rings.